The molecule has 2 atom stereocenters. The van der Waals surface area contributed by atoms with Crippen molar-refractivity contribution in [2.45, 2.75) is 32.4 Å². The molecule has 0 aromatic rings. The predicted octanol–water partition coefficient (Wildman–Crippen LogP) is -0.391. The molecule has 0 bridgehead atoms. The molecule has 0 rings (SSSR count). The molecule has 12 heavy (non-hydrogen) atoms. The van der Waals surface area contributed by atoms with E-state index >= 15 is 0 Å². The van der Waals surface area contributed by atoms with Gasteiger partial charge in [0, 0.05) is 25.0 Å². The van der Waals surface area contributed by atoms with Gasteiger partial charge in [-0.2, -0.15) is 0 Å². The van der Waals surface area contributed by atoms with Crippen molar-refractivity contribution in [3.8, 4) is 0 Å². The lowest BCUT2D eigenvalue weighted by molar-refractivity contribution is -0.121. The fraction of sp³-hybridized carbons (Fsp3) is 0.857. The second kappa shape index (κ2) is 7.34. The molecule has 2 unspecified atom stereocenters. The zero-order valence-corrected chi connectivity index (χ0v) is 8.36. The Morgan fingerprint density at radius 2 is 1.83 bits per heavy atom. The monoisotopic (exact) mass is 195 g/mol. The summed E-state index contributed by atoms with van der Waals surface area (Å²) in [5.74, 6) is -0.0303. The first-order valence-corrected chi connectivity index (χ1v) is 3.80. The fourth-order valence-corrected chi connectivity index (χ4v) is 0.639. The van der Waals surface area contributed by atoms with Crippen molar-refractivity contribution in [2.75, 3.05) is 6.54 Å². The van der Waals surface area contributed by atoms with Crippen LogP contribution < -0.4 is 16.8 Å². The fourth-order valence-electron chi connectivity index (χ4n) is 0.639. The van der Waals surface area contributed by atoms with E-state index in [2.05, 4.69) is 5.32 Å². The predicted molar refractivity (Wildman–Crippen MR) is 52.2 cm³/mol. The Morgan fingerprint density at radius 3 is 2.17 bits per heavy atom. The van der Waals surface area contributed by atoms with E-state index in [1.165, 1.54) is 0 Å². The van der Waals surface area contributed by atoms with Gasteiger partial charge in [0.25, 0.3) is 0 Å². The van der Waals surface area contributed by atoms with Gasteiger partial charge in [0.2, 0.25) is 5.91 Å². The molecular weight excluding hydrogens is 178 g/mol. The SMILES string of the molecule is CC(N)CNC(=O)CC(C)N.Cl. The van der Waals surface area contributed by atoms with Crippen LogP contribution in [0.4, 0.5) is 0 Å². The van der Waals surface area contributed by atoms with Gasteiger partial charge >= 0.3 is 0 Å². The van der Waals surface area contributed by atoms with Gasteiger partial charge in [-0.25, -0.2) is 0 Å². The lowest BCUT2D eigenvalue weighted by Crippen LogP contribution is -2.37. The second-order valence-electron chi connectivity index (χ2n) is 2.96. The normalized spacial score (nSPS) is 14.3. The molecule has 1 amide bonds. The number of halogens is 1. The number of amides is 1. The van der Waals surface area contributed by atoms with Gasteiger partial charge in [0.05, 0.1) is 0 Å². The van der Waals surface area contributed by atoms with E-state index in [-0.39, 0.29) is 30.4 Å². The summed E-state index contributed by atoms with van der Waals surface area (Å²) in [5.41, 5.74) is 10.8. The number of hydrogen-bond donors (Lipinski definition) is 3. The molecule has 0 heterocycles. The van der Waals surface area contributed by atoms with E-state index in [0.29, 0.717) is 13.0 Å². The molecule has 5 N–H and O–H groups in total. The molecule has 0 aliphatic heterocycles. The molecular formula is C7H18ClN3O. The number of hydrogen-bond acceptors (Lipinski definition) is 3. The Hall–Kier alpha value is -0.320. The third-order valence-electron chi connectivity index (χ3n) is 1.13. The molecule has 0 aromatic heterocycles. The first-order valence-electron chi connectivity index (χ1n) is 3.80. The number of nitrogens with two attached hydrogens (primary N) is 2. The van der Waals surface area contributed by atoms with Crippen molar-refractivity contribution in [1.29, 1.82) is 0 Å². The minimum absolute atomic E-state index is 0. The highest BCUT2D eigenvalue weighted by Crippen LogP contribution is 1.84. The molecule has 5 heteroatoms. The first-order chi connectivity index (χ1) is 5.02. The van der Waals surface area contributed by atoms with Crippen LogP contribution >= 0.6 is 12.4 Å². The summed E-state index contributed by atoms with van der Waals surface area (Å²) in [5, 5.41) is 2.67. The van der Waals surface area contributed by atoms with Crippen molar-refractivity contribution >= 4 is 18.3 Å². The van der Waals surface area contributed by atoms with Crippen LogP contribution in [-0.4, -0.2) is 24.5 Å². The highest BCUT2D eigenvalue weighted by atomic mass is 35.5. The van der Waals surface area contributed by atoms with Gasteiger partial charge in [-0.1, -0.05) is 0 Å². The van der Waals surface area contributed by atoms with Crippen molar-refractivity contribution in [3.63, 3.8) is 0 Å². The van der Waals surface area contributed by atoms with Crippen molar-refractivity contribution in [2.24, 2.45) is 11.5 Å². The minimum Gasteiger partial charge on any atom is -0.355 e. The highest BCUT2D eigenvalue weighted by molar-refractivity contribution is 5.85. The summed E-state index contributed by atoms with van der Waals surface area (Å²) < 4.78 is 0. The zero-order chi connectivity index (χ0) is 8.85. The Balaban J connectivity index is 0. The molecule has 0 spiro atoms. The van der Waals surface area contributed by atoms with Crippen LogP contribution in [0.3, 0.4) is 0 Å². The lowest BCUT2D eigenvalue weighted by atomic mass is 10.2. The maximum Gasteiger partial charge on any atom is 0.221 e. The van der Waals surface area contributed by atoms with E-state index in [1.54, 1.807) is 6.92 Å². The highest BCUT2D eigenvalue weighted by Gasteiger charge is 2.04. The van der Waals surface area contributed by atoms with Crippen LogP contribution in [0.25, 0.3) is 0 Å². The summed E-state index contributed by atoms with van der Waals surface area (Å²) in [7, 11) is 0. The molecule has 0 saturated heterocycles. The average molecular weight is 196 g/mol. The van der Waals surface area contributed by atoms with E-state index in [4.69, 9.17) is 11.5 Å². The number of nitrogens with one attached hydrogen (secondary N) is 1. The molecule has 0 saturated carbocycles. The maximum atomic E-state index is 10.9. The summed E-state index contributed by atoms with van der Waals surface area (Å²) in [4.78, 5) is 10.9. The van der Waals surface area contributed by atoms with E-state index in [0.717, 1.165) is 0 Å². The Morgan fingerprint density at radius 1 is 1.33 bits per heavy atom. The van der Waals surface area contributed by atoms with Gasteiger partial charge in [0.1, 0.15) is 0 Å². The third-order valence-corrected chi connectivity index (χ3v) is 1.13. The van der Waals surface area contributed by atoms with Crippen molar-refractivity contribution < 1.29 is 4.79 Å². The standard InChI is InChI=1S/C7H17N3O.ClH/c1-5(8)3-7(11)10-4-6(2)9;/h5-6H,3-4,8-9H2,1-2H3,(H,10,11);1H. The van der Waals surface area contributed by atoms with E-state index in [1.807, 2.05) is 6.92 Å². The van der Waals surface area contributed by atoms with E-state index < -0.39 is 0 Å². The summed E-state index contributed by atoms with van der Waals surface area (Å²) in [6.45, 7) is 4.16. The van der Waals surface area contributed by atoms with Crippen LogP contribution in [0, 0.1) is 0 Å². The van der Waals surface area contributed by atoms with Gasteiger partial charge < -0.3 is 16.8 Å². The zero-order valence-electron chi connectivity index (χ0n) is 7.54. The van der Waals surface area contributed by atoms with Crippen molar-refractivity contribution in [1.82, 2.24) is 5.32 Å². The topological polar surface area (TPSA) is 81.1 Å². The molecule has 74 valence electrons. The van der Waals surface area contributed by atoms with Gasteiger partial charge in [-0.3, -0.25) is 4.79 Å². The summed E-state index contributed by atoms with van der Waals surface area (Å²) in [6, 6.07) is -0.0740. The average Bonchev–Trinajstić information content (AvgIpc) is 1.82. The Kier molecular flexibility index (Phi) is 8.69. The molecule has 4 nitrogen and oxygen atoms in total. The van der Waals surface area contributed by atoms with Gasteiger partial charge in [0.15, 0.2) is 0 Å². The Labute approximate surface area is 79.5 Å². The smallest absolute Gasteiger partial charge is 0.221 e. The summed E-state index contributed by atoms with van der Waals surface area (Å²) in [6.07, 6.45) is 0.368. The summed E-state index contributed by atoms with van der Waals surface area (Å²) >= 11 is 0. The molecule has 0 aromatic carbocycles. The Bertz CT molecular complexity index is 128. The van der Waals surface area contributed by atoms with Gasteiger partial charge in [-0.05, 0) is 13.8 Å². The van der Waals surface area contributed by atoms with Crippen LogP contribution in [-0.2, 0) is 4.79 Å². The largest absolute Gasteiger partial charge is 0.355 e. The second-order valence-corrected chi connectivity index (χ2v) is 2.96. The molecule has 0 aliphatic carbocycles. The van der Waals surface area contributed by atoms with Crippen LogP contribution in [0.2, 0.25) is 0 Å². The first kappa shape index (κ1) is 14.2. The van der Waals surface area contributed by atoms with Gasteiger partial charge in [-0.15, -0.1) is 12.4 Å². The van der Waals surface area contributed by atoms with Crippen LogP contribution in [0.5, 0.6) is 0 Å². The van der Waals surface area contributed by atoms with Crippen molar-refractivity contribution in [3.05, 3.63) is 0 Å². The quantitative estimate of drug-likeness (QED) is 0.572. The molecule has 0 fully saturated rings. The molecule has 0 aliphatic rings. The lowest BCUT2D eigenvalue weighted by Gasteiger charge is -2.08. The number of carbonyl (C=O) groups excluding carboxylic acids is 1. The van der Waals surface area contributed by atoms with Crippen LogP contribution in [0.15, 0.2) is 0 Å². The maximum absolute atomic E-state index is 10.9. The molecule has 0 radical (unpaired) electrons. The number of rotatable bonds is 4. The van der Waals surface area contributed by atoms with Crippen LogP contribution in [0.1, 0.15) is 20.3 Å². The minimum atomic E-state index is -0.0805. The number of carbonyl (C=O) groups is 1. The van der Waals surface area contributed by atoms with E-state index in [9.17, 15) is 4.79 Å². The third kappa shape index (κ3) is 9.68.